The van der Waals surface area contributed by atoms with E-state index in [0.29, 0.717) is 5.92 Å². The van der Waals surface area contributed by atoms with Crippen molar-refractivity contribution in [2.45, 2.75) is 18.9 Å². The van der Waals surface area contributed by atoms with Crippen LogP contribution in [0, 0.1) is 5.92 Å². The summed E-state index contributed by atoms with van der Waals surface area (Å²) in [7, 11) is 3.31. The van der Waals surface area contributed by atoms with E-state index in [1.165, 1.54) is 12.8 Å². The van der Waals surface area contributed by atoms with E-state index in [9.17, 15) is 0 Å². The fourth-order valence-corrected chi connectivity index (χ4v) is 1.75. The molecule has 1 fully saturated rings. The van der Waals surface area contributed by atoms with Crippen molar-refractivity contribution in [2.24, 2.45) is 11.7 Å². The third kappa shape index (κ3) is 2.80. The molecule has 0 unspecified atom stereocenters. The molecule has 1 atom stereocenters. The largest absolute Gasteiger partial charge is 0.497 e. The van der Waals surface area contributed by atoms with Crippen LogP contribution in [0.5, 0.6) is 11.5 Å². The molecule has 90 valence electrons. The highest BCUT2D eigenvalue weighted by atomic mass is 35.5. The molecule has 3 nitrogen and oxygen atoms in total. The predicted molar refractivity (Wildman–Crippen MR) is 66.4 cm³/mol. The second-order valence-corrected chi connectivity index (χ2v) is 4.01. The summed E-state index contributed by atoms with van der Waals surface area (Å²) in [5, 5.41) is 0. The van der Waals surface area contributed by atoms with E-state index in [2.05, 4.69) is 0 Å². The number of methoxy groups -OCH3 is 2. The molecule has 1 aromatic rings. The van der Waals surface area contributed by atoms with Crippen LogP contribution in [0.1, 0.15) is 24.4 Å². The van der Waals surface area contributed by atoms with Gasteiger partial charge in [-0.15, -0.1) is 12.4 Å². The molecule has 2 rings (SSSR count). The maximum Gasteiger partial charge on any atom is 0.122 e. The van der Waals surface area contributed by atoms with Gasteiger partial charge in [0, 0.05) is 12.1 Å². The van der Waals surface area contributed by atoms with E-state index in [-0.39, 0.29) is 18.4 Å². The minimum absolute atomic E-state index is 0. The van der Waals surface area contributed by atoms with Crippen LogP contribution in [0.3, 0.4) is 0 Å². The second-order valence-electron chi connectivity index (χ2n) is 4.01. The summed E-state index contributed by atoms with van der Waals surface area (Å²) in [5.41, 5.74) is 7.24. The highest BCUT2D eigenvalue weighted by Crippen LogP contribution is 2.41. The summed E-state index contributed by atoms with van der Waals surface area (Å²) < 4.78 is 10.4. The van der Waals surface area contributed by atoms with Gasteiger partial charge in [-0.1, -0.05) is 0 Å². The van der Waals surface area contributed by atoms with Crippen molar-refractivity contribution in [1.82, 2.24) is 0 Å². The molecule has 0 radical (unpaired) electrons. The van der Waals surface area contributed by atoms with Crippen molar-refractivity contribution < 1.29 is 9.47 Å². The van der Waals surface area contributed by atoms with Gasteiger partial charge in [0.1, 0.15) is 11.5 Å². The molecule has 1 aromatic carbocycles. The quantitative estimate of drug-likeness (QED) is 0.884. The van der Waals surface area contributed by atoms with E-state index in [4.69, 9.17) is 15.2 Å². The molecule has 4 heteroatoms. The summed E-state index contributed by atoms with van der Waals surface area (Å²) in [6.45, 7) is 0. The minimum Gasteiger partial charge on any atom is -0.497 e. The van der Waals surface area contributed by atoms with Crippen LogP contribution in [0.4, 0.5) is 0 Å². The van der Waals surface area contributed by atoms with Crippen molar-refractivity contribution in [2.75, 3.05) is 14.2 Å². The van der Waals surface area contributed by atoms with Gasteiger partial charge in [-0.2, -0.15) is 0 Å². The smallest absolute Gasteiger partial charge is 0.122 e. The highest BCUT2D eigenvalue weighted by molar-refractivity contribution is 5.85. The Morgan fingerprint density at radius 1 is 1.12 bits per heavy atom. The van der Waals surface area contributed by atoms with Gasteiger partial charge in [0.05, 0.1) is 14.2 Å². The molecule has 1 aliphatic carbocycles. The fourth-order valence-electron chi connectivity index (χ4n) is 1.75. The Bertz CT molecular complexity index is 331. The first-order valence-corrected chi connectivity index (χ1v) is 5.23. The number of hydrogen-bond donors (Lipinski definition) is 1. The van der Waals surface area contributed by atoms with E-state index < -0.39 is 0 Å². The molecular weight excluding hydrogens is 226 g/mol. The third-order valence-electron chi connectivity index (χ3n) is 2.89. The van der Waals surface area contributed by atoms with E-state index >= 15 is 0 Å². The first-order valence-electron chi connectivity index (χ1n) is 5.23. The van der Waals surface area contributed by atoms with Gasteiger partial charge < -0.3 is 15.2 Å². The topological polar surface area (TPSA) is 44.5 Å². The first-order chi connectivity index (χ1) is 7.24. The monoisotopic (exact) mass is 243 g/mol. The molecule has 0 saturated heterocycles. The maximum absolute atomic E-state index is 6.14. The molecule has 0 amide bonds. The maximum atomic E-state index is 6.14. The van der Waals surface area contributed by atoms with Crippen LogP contribution in [0.25, 0.3) is 0 Å². The van der Waals surface area contributed by atoms with Crippen LogP contribution in [-0.2, 0) is 0 Å². The highest BCUT2D eigenvalue weighted by Gasteiger charge is 2.29. The van der Waals surface area contributed by atoms with Crippen molar-refractivity contribution in [3.63, 3.8) is 0 Å². The number of nitrogens with two attached hydrogens (primary N) is 1. The van der Waals surface area contributed by atoms with Crippen LogP contribution in [0.2, 0.25) is 0 Å². The number of ether oxygens (including phenoxy) is 2. The van der Waals surface area contributed by atoms with Crippen LogP contribution in [0.15, 0.2) is 18.2 Å². The normalized spacial score (nSPS) is 16.2. The summed E-state index contributed by atoms with van der Waals surface area (Å²) >= 11 is 0. The number of hydrogen-bond acceptors (Lipinski definition) is 3. The Kier molecular flexibility index (Phi) is 4.44. The fraction of sp³-hybridized carbons (Fsp3) is 0.500. The van der Waals surface area contributed by atoms with Crippen molar-refractivity contribution in [1.29, 1.82) is 0 Å². The van der Waals surface area contributed by atoms with Gasteiger partial charge in [0.25, 0.3) is 0 Å². The lowest BCUT2D eigenvalue weighted by Crippen LogP contribution is -2.12. The summed E-state index contributed by atoms with van der Waals surface area (Å²) in [6, 6.07) is 5.97. The van der Waals surface area contributed by atoms with Crippen LogP contribution >= 0.6 is 12.4 Å². The first kappa shape index (κ1) is 13.1. The molecule has 2 N–H and O–H groups in total. The van der Waals surface area contributed by atoms with Gasteiger partial charge >= 0.3 is 0 Å². The molecule has 0 aliphatic heterocycles. The molecule has 0 heterocycles. The molecule has 16 heavy (non-hydrogen) atoms. The van der Waals surface area contributed by atoms with E-state index in [0.717, 1.165) is 17.1 Å². The average Bonchev–Trinajstić information content (AvgIpc) is 3.11. The van der Waals surface area contributed by atoms with Crippen LogP contribution in [-0.4, -0.2) is 14.2 Å². The number of halogens is 1. The van der Waals surface area contributed by atoms with Gasteiger partial charge in [-0.3, -0.25) is 0 Å². The molecule has 1 aliphatic rings. The Morgan fingerprint density at radius 2 is 1.62 bits per heavy atom. The predicted octanol–water partition coefficient (Wildman–Crippen LogP) is 2.54. The molecule has 0 bridgehead atoms. The summed E-state index contributed by atoms with van der Waals surface area (Å²) in [5.74, 6) is 2.25. The van der Waals surface area contributed by atoms with Crippen molar-refractivity contribution in [3.05, 3.63) is 23.8 Å². The Balaban J connectivity index is 0.00000128. The van der Waals surface area contributed by atoms with Gasteiger partial charge in [-0.05, 0) is 36.5 Å². The number of rotatable bonds is 4. The van der Waals surface area contributed by atoms with Gasteiger partial charge in [0.15, 0.2) is 0 Å². The molecule has 0 spiro atoms. The lowest BCUT2D eigenvalue weighted by Gasteiger charge is -2.13. The second kappa shape index (κ2) is 5.41. The molecular formula is C12H18ClNO2. The van der Waals surface area contributed by atoms with E-state index in [1.807, 2.05) is 18.2 Å². The average molecular weight is 244 g/mol. The zero-order chi connectivity index (χ0) is 10.8. The van der Waals surface area contributed by atoms with Crippen LogP contribution < -0.4 is 15.2 Å². The standard InChI is InChI=1S/C12H17NO2.ClH/c1-14-10-5-9(6-11(7-10)15-2)12(13)8-3-4-8;/h5-8,12H,3-4,13H2,1-2H3;1H/t12-;/m1./s1. The lowest BCUT2D eigenvalue weighted by molar-refractivity contribution is 0.392. The zero-order valence-corrected chi connectivity index (χ0v) is 10.4. The van der Waals surface area contributed by atoms with Gasteiger partial charge in [0.2, 0.25) is 0 Å². The summed E-state index contributed by atoms with van der Waals surface area (Å²) in [4.78, 5) is 0. The Morgan fingerprint density at radius 3 is 2.00 bits per heavy atom. The molecule has 0 aromatic heterocycles. The third-order valence-corrected chi connectivity index (χ3v) is 2.89. The minimum atomic E-state index is 0. The number of benzene rings is 1. The Hall–Kier alpha value is -0.930. The SMILES string of the molecule is COc1cc(OC)cc([C@H](N)C2CC2)c1.Cl. The van der Waals surface area contributed by atoms with Gasteiger partial charge in [-0.25, -0.2) is 0 Å². The van der Waals surface area contributed by atoms with E-state index in [1.54, 1.807) is 14.2 Å². The van der Waals surface area contributed by atoms with Crippen molar-refractivity contribution >= 4 is 12.4 Å². The summed E-state index contributed by atoms with van der Waals surface area (Å²) in [6.07, 6.45) is 2.47. The zero-order valence-electron chi connectivity index (χ0n) is 9.60. The van der Waals surface area contributed by atoms with Crippen molar-refractivity contribution in [3.8, 4) is 11.5 Å². The Labute approximate surface area is 102 Å². The molecule has 1 saturated carbocycles. The lowest BCUT2D eigenvalue weighted by atomic mass is 10.0.